The number of thioether (sulfide) groups is 2. The number of amides is 2. The molecule has 4 N–H and O–H groups in total. The van der Waals surface area contributed by atoms with Crippen molar-refractivity contribution in [3.8, 4) is 12.3 Å². The Balaban J connectivity index is 1.49. The van der Waals surface area contributed by atoms with Gasteiger partial charge < -0.3 is 21.0 Å². The van der Waals surface area contributed by atoms with Crippen LogP contribution >= 0.6 is 46.2 Å². The second-order valence-electron chi connectivity index (χ2n) is 6.60. The lowest BCUT2D eigenvalue weighted by Crippen LogP contribution is -2.71. The van der Waals surface area contributed by atoms with Gasteiger partial charge in [0.05, 0.1) is 0 Å². The zero-order valence-corrected chi connectivity index (χ0v) is 20.3. The lowest BCUT2D eigenvalue weighted by molar-refractivity contribution is -0.150. The predicted octanol–water partition coefficient (Wildman–Crippen LogP) is 0.462. The molecule has 4 rings (SSSR count). The minimum atomic E-state index is -1.21. The summed E-state index contributed by atoms with van der Waals surface area (Å²) in [6.45, 7) is -0.171. The van der Waals surface area contributed by atoms with E-state index in [4.69, 9.17) is 17.0 Å². The van der Waals surface area contributed by atoms with Gasteiger partial charge in [-0.05, 0) is 5.57 Å². The van der Waals surface area contributed by atoms with Gasteiger partial charge in [-0.2, -0.15) is 0 Å². The molecule has 0 radical (unpaired) electrons. The van der Waals surface area contributed by atoms with Crippen molar-refractivity contribution in [3.63, 3.8) is 0 Å². The molecule has 2 aliphatic heterocycles. The number of hydrogen-bond donors (Lipinski definition) is 3. The van der Waals surface area contributed by atoms with E-state index in [1.807, 2.05) is 0 Å². The highest BCUT2D eigenvalue weighted by Gasteiger charge is 2.54. The molecule has 2 aromatic heterocycles. The number of nitrogens with one attached hydrogen (secondary N) is 1. The Morgan fingerprint density at radius 1 is 1.47 bits per heavy atom. The van der Waals surface area contributed by atoms with Gasteiger partial charge in [0, 0.05) is 16.9 Å². The molecule has 2 atom stereocenters. The molecule has 176 valence electrons. The number of oxime groups is 1. The van der Waals surface area contributed by atoms with Gasteiger partial charge in [0.1, 0.15) is 28.3 Å². The van der Waals surface area contributed by atoms with Crippen LogP contribution in [0.25, 0.3) is 0 Å². The molecular weight excluding hydrogens is 523 g/mol. The number of thiazole rings is 1. The highest BCUT2D eigenvalue weighted by Crippen LogP contribution is 2.41. The molecule has 2 aromatic rings. The summed E-state index contributed by atoms with van der Waals surface area (Å²) < 4.78 is 0.700. The van der Waals surface area contributed by atoms with E-state index in [0.29, 0.717) is 21.4 Å². The summed E-state index contributed by atoms with van der Waals surface area (Å²) in [6.07, 6.45) is 5.14. The monoisotopic (exact) mass is 537 g/mol. The van der Waals surface area contributed by atoms with E-state index < -0.39 is 29.2 Å². The van der Waals surface area contributed by atoms with Gasteiger partial charge in [0.2, 0.25) is 0 Å². The van der Waals surface area contributed by atoms with E-state index in [0.717, 1.165) is 11.3 Å². The first-order valence-corrected chi connectivity index (χ1v) is 13.1. The highest BCUT2D eigenvalue weighted by molar-refractivity contribution is 8.01. The van der Waals surface area contributed by atoms with Crippen LogP contribution in [0.3, 0.4) is 0 Å². The number of terminal acetylenes is 1. The molecule has 2 aliphatic rings. The van der Waals surface area contributed by atoms with Crippen LogP contribution < -0.4 is 11.1 Å². The number of nitrogen functional groups attached to an aromatic ring is 1. The maximum Gasteiger partial charge on any atom is 0.352 e. The topological polar surface area (TPSA) is 173 Å². The maximum atomic E-state index is 12.9. The highest BCUT2D eigenvalue weighted by atomic mass is 32.2. The van der Waals surface area contributed by atoms with Crippen LogP contribution in [0, 0.1) is 12.3 Å². The van der Waals surface area contributed by atoms with Gasteiger partial charge in [0.25, 0.3) is 11.8 Å². The van der Waals surface area contributed by atoms with E-state index in [9.17, 15) is 19.5 Å². The fourth-order valence-corrected chi connectivity index (χ4v) is 6.63. The quantitative estimate of drug-likeness (QED) is 0.101. The summed E-state index contributed by atoms with van der Waals surface area (Å²) in [5.74, 6) is 0.488. The standard InChI is InChI=1S/C18H15N7O5S4/c1-2-3-30-24-10(9-6-32-17(19)21-9)13(26)22-11-14(27)25-12(16(28)29)8(4-31-15(11)25)5-33-18-23-20-7-34-18/h1,6-7,11,15H,3-5H2,(H2,19,21)(H,22,26)(H,28,29)/t11?,15-/m1/s1. The molecule has 0 spiro atoms. The molecule has 0 aromatic carbocycles. The molecule has 1 unspecified atom stereocenters. The van der Waals surface area contributed by atoms with Crippen molar-refractivity contribution < 1.29 is 24.3 Å². The fourth-order valence-electron chi connectivity index (χ4n) is 3.11. The van der Waals surface area contributed by atoms with Gasteiger partial charge in [-0.1, -0.05) is 34.2 Å². The smallest absolute Gasteiger partial charge is 0.352 e. The van der Waals surface area contributed by atoms with E-state index in [-0.39, 0.29) is 28.8 Å². The lowest BCUT2D eigenvalue weighted by atomic mass is 10.0. The van der Waals surface area contributed by atoms with Crippen LogP contribution in [-0.2, 0) is 19.2 Å². The summed E-state index contributed by atoms with van der Waals surface area (Å²) in [4.78, 5) is 47.9. The van der Waals surface area contributed by atoms with E-state index in [2.05, 4.69) is 31.6 Å². The molecule has 1 saturated heterocycles. The lowest BCUT2D eigenvalue weighted by Gasteiger charge is -2.49. The van der Waals surface area contributed by atoms with Crippen LogP contribution in [0.5, 0.6) is 0 Å². The molecule has 0 aliphatic carbocycles. The molecule has 34 heavy (non-hydrogen) atoms. The van der Waals surface area contributed by atoms with Crippen molar-refractivity contribution in [1.29, 1.82) is 0 Å². The molecule has 4 heterocycles. The summed E-state index contributed by atoms with van der Waals surface area (Å²) in [5, 5.41) is 25.0. The minimum absolute atomic E-state index is 0.0743. The average molecular weight is 538 g/mol. The number of carboxylic acids is 1. The number of carbonyl (C=O) groups is 3. The normalized spacial score (nSPS) is 19.8. The Bertz CT molecular complexity index is 1220. The Morgan fingerprint density at radius 2 is 2.29 bits per heavy atom. The van der Waals surface area contributed by atoms with Crippen molar-refractivity contribution in [3.05, 3.63) is 27.9 Å². The molecular formula is C18H15N7O5S4. The second kappa shape index (κ2) is 10.4. The molecule has 1 fully saturated rings. The Kier molecular flexibility index (Phi) is 7.36. The van der Waals surface area contributed by atoms with Gasteiger partial charge >= 0.3 is 5.97 Å². The molecule has 0 saturated carbocycles. The average Bonchev–Trinajstić information content (AvgIpc) is 3.49. The van der Waals surface area contributed by atoms with Crippen molar-refractivity contribution in [2.24, 2.45) is 5.16 Å². The van der Waals surface area contributed by atoms with Crippen molar-refractivity contribution in [1.82, 2.24) is 25.4 Å². The third-order valence-electron chi connectivity index (χ3n) is 4.53. The largest absolute Gasteiger partial charge is 0.477 e. The first kappa shape index (κ1) is 24.0. The zero-order valence-electron chi connectivity index (χ0n) is 17.0. The number of carbonyl (C=O) groups excluding carboxylic acids is 2. The first-order chi connectivity index (χ1) is 16.4. The van der Waals surface area contributed by atoms with Gasteiger partial charge in [-0.15, -0.1) is 39.7 Å². The molecule has 0 bridgehead atoms. The number of fused-ring (bicyclic) bond motifs is 1. The number of hydrogen-bond acceptors (Lipinski definition) is 13. The van der Waals surface area contributed by atoms with Crippen LogP contribution in [0.4, 0.5) is 5.13 Å². The molecule has 2 amide bonds. The zero-order chi connectivity index (χ0) is 24.2. The minimum Gasteiger partial charge on any atom is -0.477 e. The number of nitrogens with two attached hydrogens (primary N) is 1. The van der Waals surface area contributed by atoms with Gasteiger partial charge in [-0.25, -0.2) is 9.78 Å². The molecule has 12 nitrogen and oxygen atoms in total. The number of aromatic nitrogens is 3. The summed E-state index contributed by atoms with van der Waals surface area (Å²) in [6, 6.07) is -0.946. The van der Waals surface area contributed by atoms with E-state index in [1.165, 1.54) is 45.1 Å². The fraction of sp³-hybridized carbons (Fsp3) is 0.278. The SMILES string of the molecule is C#CCON=C(C(=O)NC1C(=O)N2C(C(=O)O)=C(CSc3nncs3)CS[C@H]12)c1csc(N)n1. The van der Waals surface area contributed by atoms with Crippen molar-refractivity contribution >= 4 is 74.8 Å². The third-order valence-corrected chi connectivity index (χ3v) is 8.49. The van der Waals surface area contributed by atoms with E-state index in [1.54, 1.807) is 5.51 Å². The Hall–Kier alpha value is -3.13. The van der Waals surface area contributed by atoms with Gasteiger partial charge in [0.15, 0.2) is 21.8 Å². The molecule has 16 heteroatoms. The van der Waals surface area contributed by atoms with Crippen LogP contribution in [0.1, 0.15) is 5.69 Å². The van der Waals surface area contributed by atoms with Gasteiger partial charge in [-0.3, -0.25) is 14.5 Å². The summed E-state index contributed by atoms with van der Waals surface area (Å²) in [5.41, 5.74) is 7.72. The summed E-state index contributed by atoms with van der Waals surface area (Å²) in [7, 11) is 0. The number of rotatable bonds is 9. The number of nitrogens with zero attached hydrogens (tertiary/aromatic N) is 5. The van der Waals surface area contributed by atoms with Crippen LogP contribution in [-0.4, -0.2) is 78.2 Å². The maximum absolute atomic E-state index is 12.9. The van der Waals surface area contributed by atoms with Crippen LogP contribution in [0.15, 0.2) is 31.7 Å². The number of β-lactam (4-membered cyclic amide) rings is 1. The van der Waals surface area contributed by atoms with Crippen molar-refractivity contribution in [2.75, 3.05) is 23.8 Å². The Morgan fingerprint density at radius 3 is 2.94 bits per heavy atom. The number of anilines is 1. The summed E-state index contributed by atoms with van der Waals surface area (Å²) >= 11 is 5.16. The third kappa shape index (κ3) is 4.87. The predicted molar refractivity (Wildman–Crippen MR) is 128 cm³/mol. The van der Waals surface area contributed by atoms with Crippen molar-refractivity contribution in [2.45, 2.75) is 15.8 Å². The van der Waals surface area contributed by atoms with E-state index >= 15 is 0 Å². The second-order valence-corrected chi connectivity index (χ2v) is 10.7. The Labute approximate surface area is 209 Å². The van der Waals surface area contributed by atoms with Crippen LogP contribution in [0.2, 0.25) is 0 Å². The number of aliphatic carboxylic acids is 1. The number of carboxylic acid groups (broad SMARTS) is 1. The first-order valence-electron chi connectivity index (χ1n) is 9.35.